The summed E-state index contributed by atoms with van der Waals surface area (Å²) in [5.74, 6) is 0. The SMILES string of the molecule is [O-][N+](=Nc1ccccc1Cc1ccccn1)c1ccccc1. The summed E-state index contributed by atoms with van der Waals surface area (Å²) in [7, 11) is 0. The molecule has 0 aliphatic rings. The van der Waals surface area contributed by atoms with E-state index in [-0.39, 0.29) is 0 Å². The van der Waals surface area contributed by atoms with Crippen LogP contribution >= 0.6 is 0 Å². The maximum absolute atomic E-state index is 12.2. The first-order valence-electron chi connectivity index (χ1n) is 7.05. The summed E-state index contributed by atoms with van der Waals surface area (Å²) in [6.07, 6.45) is 2.40. The molecule has 3 rings (SSSR count). The topological polar surface area (TPSA) is 51.3 Å². The molecule has 0 bridgehead atoms. The molecule has 0 amide bonds. The van der Waals surface area contributed by atoms with E-state index >= 15 is 0 Å². The summed E-state index contributed by atoms with van der Waals surface area (Å²) in [5.41, 5.74) is 3.09. The Hall–Kier alpha value is -3.01. The first kappa shape index (κ1) is 13.9. The summed E-state index contributed by atoms with van der Waals surface area (Å²) in [6, 6.07) is 22.4. The van der Waals surface area contributed by atoms with Crippen LogP contribution in [0, 0.1) is 5.21 Å². The molecule has 0 fully saturated rings. The Kier molecular flexibility index (Phi) is 4.20. The zero-order chi connectivity index (χ0) is 15.2. The Bertz CT molecular complexity index is 771. The average Bonchev–Trinajstić information content (AvgIpc) is 2.58. The number of rotatable bonds is 4. The van der Waals surface area contributed by atoms with Crippen molar-refractivity contribution in [1.29, 1.82) is 0 Å². The minimum absolute atomic E-state index is 0.509. The first-order chi connectivity index (χ1) is 10.8. The van der Waals surface area contributed by atoms with Gasteiger partial charge in [0.15, 0.2) is 0 Å². The van der Waals surface area contributed by atoms with Gasteiger partial charge in [0.2, 0.25) is 5.69 Å². The molecule has 0 saturated heterocycles. The van der Waals surface area contributed by atoms with E-state index in [1.54, 1.807) is 18.3 Å². The van der Waals surface area contributed by atoms with Crippen molar-refractivity contribution >= 4 is 11.4 Å². The largest absolute Gasteiger partial charge is 0.594 e. The van der Waals surface area contributed by atoms with E-state index in [0.29, 0.717) is 22.7 Å². The highest BCUT2D eigenvalue weighted by Crippen LogP contribution is 2.23. The Morgan fingerprint density at radius 2 is 1.59 bits per heavy atom. The van der Waals surface area contributed by atoms with Gasteiger partial charge in [0.1, 0.15) is 5.69 Å². The van der Waals surface area contributed by atoms with Crippen molar-refractivity contribution in [2.75, 3.05) is 0 Å². The second kappa shape index (κ2) is 6.63. The van der Waals surface area contributed by atoms with Gasteiger partial charge in [-0.05, 0) is 23.8 Å². The fraction of sp³-hybridized carbons (Fsp3) is 0.0556. The number of para-hydroxylation sites is 1. The van der Waals surface area contributed by atoms with Gasteiger partial charge in [-0.3, -0.25) is 4.98 Å². The van der Waals surface area contributed by atoms with Crippen LogP contribution in [0.25, 0.3) is 0 Å². The van der Waals surface area contributed by atoms with E-state index in [2.05, 4.69) is 10.1 Å². The van der Waals surface area contributed by atoms with Crippen LogP contribution in [0.2, 0.25) is 0 Å². The molecular weight excluding hydrogens is 274 g/mol. The average molecular weight is 289 g/mol. The highest BCUT2D eigenvalue weighted by Gasteiger charge is 2.08. The monoisotopic (exact) mass is 289 g/mol. The smallest absolute Gasteiger partial charge is 0.244 e. The third-order valence-electron chi connectivity index (χ3n) is 3.26. The minimum atomic E-state index is 0.509. The van der Waals surface area contributed by atoms with Crippen LogP contribution in [-0.2, 0) is 6.42 Å². The summed E-state index contributed by atoms with van der Waals surface area (Å²) >= 11 is 0. The fourth-order valence-electron chi connectivity index (χ4n) is 2.17. The molecule has 4 heteroatoms. The third-order valence-corrected chi connectivity index (χ3v) is 3.26. The molecule has 0 aliphatic heterocycles. The molecular formula is C18H15N3O. The molecule has 0 saturated carbocycles. The number of nitrogens with zero attached hydrogens (tertiary/aromatic N) is 3. The highest BCUT2D eigenvalue weighted by atomic mass is 16.5. The Morgan fingerprint density at radius 3 is 2.36 bits per heavy atom. The minimum Gasteiger partial charge on any atom is -0.594 e. The molecule has 22 heavy (non-hydrogen) atoms. The van der Waals surface area contributed by atoms with Crippen LogP contribution < -0.4 is 0 Å². The summed E-state index contributed by atoms with van der Waals surface area (Å²) in [5, 5.41) is 16.3. The quantitative estimate of drug-likeness (QED) is 0.400. The maximum Gasteiger partial charge on any atom is 0.244 e. The van der Waals surface area contributed by atoms with Crippen molar-refractivity contribution in [2.24, 2.45) is 5.11 Å². The number of hydrogen-bond acceptors (Lipinski definition) is 3. The van der Waals surface area contributed by atoms with Gasteiger partial charge >= 0.3 is 0 Å². The lowest BCUT2D eigenvalue weighted by atomic mass is 10.1. The van der Waals surface area contributed by atoms with Crippen LogP contribution in [0.4, 0.5) is 11.4 Å². The van der Waals surface area contributed by atoms with E-state index in [1.165, 1.54) is 0 Å². The predicted octanol–water partition coefficient (Wildman–Crippen LogP) is 4.60. The van der Waals surface area contributed by atoms with Crippen LogP contribution in [0.15, 0.2) is 84.1 Å². The van der Waals surface area contributed by atoms with E-state index in [1.807, 2.05) is 60.7 Å². The van der Waals surface area contributed by atoms with E-state index in [0.717, 1.165) is 11.3 Å². The van der Waals surface area contributed by atoms with E-state index in [9.17, 15) is 5.21 Å². The van der Waals surface area contributed by atoms with E-state index in [4.69, 9.17) is 0 Å². The number of aromatic nitrogens is 1. The van der Waals surface area contributed by atoms with Crippen LogP contribution in [0.5, 0.6) is 0 Å². The molecule has 3 aromatic rings. The molecule has 1 aromatic heterocycles. The fourth-order valence-corrected chi connectivity index (χ4v) is 2.17. The number of azo groups is 1. The summed E-state index contributed by atoms with van der Waals surface area (Å²) in [4.78, 5) is 4.97. The van der Waals surface area contributed by atoms with Crippen molar-refractivity contribution in [2.45, 2.75) is 6.42 Å². The van der Waals surface area contributed by atoms with Crippen LogP contribution in [0.3, 0.4) is 0 Å². The second-order valence-corrected chi connectivity index (χ2v) is 4.84. The van der Waals surface area contributed by atoms with Crippen molar-refractivity contribution < 1.29 is 4.86 Å². The lowest BCUT2D eigenvalue weighted by Crippen LogP contribution is -1.94. The lowest BCUT2D eigenvalue weighted by Gasteiger charge is -2.05. The first-order valence-corrected chi connectivity index (χ1v) is 7.05. The van der Waals surface area contributed by atoms with Crippen molar-refractivity contribution in [1.82, 2.24) is 4.98 Å². The Balaban J connectivity index is 1.92. The zero-order valence-corrected chi connectivity index (χ0v) is 12.0. The predicted molar refractivity (Wildman–Crippen MR) is 85.3 cm³/mol. The normalized spacial score (nSPS) is 11.4. The van der Waals surface area contributed by atoms with Crippen LogP contribution in [-0.4, -0.2) is 9.84 Å². The highest BCUT2D eigenvalue weighted by molar-refractivity contribution is 5.46. The van der Waals surface area contributed by atoms with Crippen molar-refractivity contribution in [3.63, 3.8) is 0 Å². The number of hydrogen-bond donors (Lipinski definition) is 0. The molecule has 108 valence electrons. The van der Waals surface area contributed by atoms with Gasteiger partial charge in [-0.15, -0.1) is 0 Å². The van der Waals surface area contributed by atoms with Crippen LogP contribution in [0.1, 0.15) is 11.3 Å². The molecule has 0 N–H and O–H groups in total. The molecule has 0 unspecified atom stereocenters. The number of benzene rings is 2. The molecule has 0 aliphatic carbocycles. The molecule has 1 heterocycles. The van der Waals surface area contributed by atoms with Gasteiger partial charge in [0, 0.05) is 35.6 Å². The maximum atomic E-state index is 12.2. The number of pyridine rings is 1. The molecule has 0 radical (unpaired) electrons. The standard InChI is InChI=1S/C18H15N3O/c22-21(17-10-2-1-3-11-17)20-18-12-5-4-8-15(18)14-16-9-6-7-13-19-16/h1-13H,14H2. The summed E-state index contributed by atoms with van der Waals surface area (Å²) < 4.78 is 0. The van der Waals surface area contributed by atoms with Gasteiger partial charge in [-0.1, -0.05) is 47.3 Å². The van der Waals surface area contributed by atoms with Gasteiger partial charge in [-0.25, -0.2) is 0 Å². The molecule has 0 atom stereocenters. The van der Waals surface area contributed by atoms with Gasteiger partial charge in [-0.2, -0.15) is 0 Å². The van der Waals surface area contributed by atoms with Gasteiger partial charge in [0.25, 0.3) is 0 Å². The van der Waals surface area contributed by atoms with Gasteiger partial charge < -0.3 is 5.21 Å². The summed E-state index contributed by atoms with van der Waals surface area (Å²) in [6.45, 7) is 0. The van der Waals surface area contributed by atoms with Crippen molar-refractivity contribution in [3.8, 4) is 0 Å². The van der Waals surface area contributed by atoms with E-state index < -0.39 is 0 Å². The lowest BCUT2D eigenvalue weighted by molar-refractivity contribution is -0.435. The van der Waals surface area contributed by atoms with Gasteiger partial charge in [0.05, 0.1) is 0 Å². The van der Waals surface area contributed by atoms with Crippen molar-refractivity contribution in [3.05, 3.63) is 95.5 Å². The Morgan fingerprint density at radius 1 is 0.864 bits per heavy atom. The molecule has 2 aromatic carbocycles. The Labute approximate surface area is 129 Å². The third kappa shape index (κ3) is 3.35. The second-order valence-electron chi connectivity index (χ2n) is 4.84. The zero-order valence-electron chi connectivity index (χ0n) is 12.0. The molecule has 4 nitrogen and oxygen atoms in total. The molecule has 0 spiro atoms.